The van der Waals surface area contributed by atoms with Gasteiger partial charge in [-0.25, -0.2) is 4.57 Å². The highest BCUT2D eigenvalue weighted by molar-refractivity contribution is 7.47. The molecule has 0 spiro atoms. The topological polar surface area (TPSA) is 142 Å². The van der Waals surface area contributed by atoms with Gasteiger partial charge < -0.3 is 18.9 Å². The minimum atomic E-state index is -4.47. The molecule has 0 aliphatic carbocycles. The van der Waals surface area contributed by atoms with Gasteiger partial charge in [-0.05, 0) is 18.6 Å². The van der Waals surface area contributed by atoms with Crippen LogP contribution in [0.3, 0.4) is 0 Å². The molecular formula is C30H55NO10P+. The SMILES string of the molecule is CCCCCCCCCCCCCCCC(=O)OC[C@H](COP(=O)(O)OCC[N+](C)(C)C)OC(=O)CC(=O)/C=C/C=O. The van der Waals surface area contributed by atoms with Gasteiger partial charge in [0.1, 0.15) is 32.5 Å². The molecule has 0 fully saturated rings. The van der Waals surface area contributed by atoms with Gasteiger partial charge in [-0.1, -0.05) is 84.0 Å². The fourth-order valence-electron chi connectivity index (χ4n) is 3.88. The van der Waals surface area contributed by atoms with Gasteiger partial charge in [0.15, 0.2) is 11.9 Å². The predicted octanol–water partition coefficient (Wildman–Crippen LogP) is 5.48. The standard InChI is InChI=1S/C30H54NO10P/c1-5-6-7-8-9-10-11-12-13-14-15-16-17-20-29(34)38-25-28(41-30(35)24-27(33)19-18-22-32)26-40-42(36,37)39-23-21-31(2,3)4/h18-19,22,28H,5-17,20-21,23-26H2,1-4H3/p+1/b19-18+/t28-/m1/s1. The quantitative estimate of drug-likeness (QED) is 0.0227. The van der Waals surface area contributed by atoms with Crippen LogP contribution in [0.4, 0.5) is 0 Å². The van der Waals surface area contributed by atoms with Gasteiger partial charge >= 0.3 is 19.8 Å². The molecular weight excluding hydrogens is 565 g/mol. The van der Waals surface area contributed by atoms with Gasteiger partial charge in [-0.3, -0.25) is 28.2 Å². The van der Waals surface area contributed by atoms with Crippen molar-refractivity contribution in [1.29, 1.82) is 0 Å². The number of rotatable bonds is 28. The summed E-state index contributed by atoms with van der Waals surface area (Å²) in [6.45, 7) is 1.62. The van der Waals surface area contributed by atoms with E-state index in [0.29, 0.717) is 23.7 Å². The normalized spacial score (nSPS) is 13.9. The highest BCUT2D eigenvalue weighted by Crippen LogP contribution is 2.43. The zero-order valence-corrected chi connectivity index (χ0v) is 27.2. The van der Waals surface area contributed by atoms with Crippen LogP contribution in [-0.2, 0) is 42.3 Å². The van der Waals surface area contributed by atoms with Crippen LogP contribution in [0.15, 0.2) is 12.2 Å². The van der Waals surface area contributed by atoms with Crippen molar-refractivity contribution in [2.24, 2.45) is 0 Å². The number of ether oxygens (including phenoxy) is 2. The van der Waals surface area contributed by atoms with E-state index in [9.17, 15) is 28.6 Å². The largest absolute Gasteiger partial charge is 0.472 e. The zero-order valence-electron chi connectivity index (χ0n) is 26.3. The summed E-state index contributed by atoms with van der Waals surface area (Å²) in [6, 6.07) is 0. The first-order valence-corrected chi connectivity index (χ1v) is 16.8. The number of phosphoric ester groups is 1. The van der Waals surface area contributed by atoms with Crippen LogP contribution in [0.5, 0.6) is 0 Å². The summed E-state index contributed by atoms with van der Waals surface area (Å²) in [5, 5.41) is 0. The van der Waals surface area contributed by atoms with E-state index in [4.69, 9.17) is 18.5 Å². The van der Waals surface area contributed by atoms with E-state index in [1.807, 2.05) is 21.1 Å². The Labute approximate surface area is 252 Å². The molecule has 0 aromatic carbocycles. The smallest absolute Gasteiger partial charge is 0.462 e. The summed E-state index contributed by atoms with van der Waals surface area (Å²) in [6.07, 6.45) is 16.0. The van der Waals surface area contributed by atoms with Crippen molar-refractivity contribution in [3.63, 3.8) is 0 Å². The Bertz CT molecular complexity index is 840. The van der Waals surface area contributed by atoms with Gasteiger partial charge in [0.2, 0.25) is 0 Å². The number of carbonyl (C=O) groups is 4. The van der Waals surface area contributed by atoms with E-state index in [1.54, 1.807) is 0 Å². The van der Waals surface area contributed by atoms with E-state index in [0.717, 1.165) is 31.4 Å². The average molecular weight is 621 g/mol. The molecule has 1 unspecified atom stereocenters. The zero-order chi connectivity index (χ0) is 31.7. The van der Waals surface area contributed by atoms with Crippen LogP contribution in [0.2, 0.25) is 0 Å². The van der Waals surface area contributed by atoms with Crippen LogP contribution in [-0.4, -0.2) is 87.0 Å². The Morgan fingerprint density at radius 1 is 0.810 bits per heavy atom. The number of allylic oxidation sites excluding steroid dienone is 2. The highest BCUT2D eigenvalue weighted by atomic mass is 31.2. The van der Waals surface area contributed by atoms with Gasteiger partial charge in [0, 0.05) is 6.42 Å². The molecule has 0 bridgehead atoms. The summed E-state index contributed by atoms with van der Waals surface area (Å²) < 4.78 is 33.0. The average Bonchev–Trinajstić information content (AvgIpc) is 2.90. The summed E-state index contributed by atoms with van der Waals surface area (Å²) >= 11 is 0. The van der Waals surface area contributed by atoms with E-state index < -0.39 is 51.3 Å². The molecule has 0 aromatic heterocycles. The third-order valence-corrected chi connectivity index (χ3v) is 7.32. The molecule has 12 heteroatoms. The lowest BCUT2D eigenvalue weighted by Gasteiger charge is -2.24. The fourth-order valence-corrected chi connectivity index (χ4v) is 4.62. The third-order valence-electron chi connectivity index (χ3n) is 6.33. The van der Waals surface area contributed by atoms with Crippen molar-refractivity contribution in [3.8, 4) is 0 Å². The lowest BCUT2D eigenvalue weighted by Crippen LogP contribution is -2.37. The van der Waals surface area contributed by atoms with Crippen molar-refractivity contribution in [3.05, 3.63) is 12.2 Å². The first-order valence-electron chi connectivity index (χ1n) is 15.3. The van der Waals surface area contributed by atoms with Crippen LogP contribution < -0.4 is 0 Å². The lowest BCUT2D eigenvalue weighted by molar-refractivity contribution is -0.870. The van der Waals surface area contributed by atoms with Crippen LogP contribution in [0, 0.1) is 0 Å². The molecule has 0 aliphatic heterocycles. The summed E-state index contributed by atoms with van der Waals surface area (Å²) in [7, 11) is 1.20. The van der Waals surface area contributed by atoms with Crippen molar-refractivity contribution < 1.29 is 51.6 Å². The summed E-state index contributed by atoms with van der Waals surface area (Å²) in [4.78, 5) is 56.4. The van der Waals surface area contributed by atoms with Gasteiger partial charge in [-0.15, -0.1) is 0 Å². The molecule has 2 atom stereocenters. The number of carbonyl (C=O) groups excluding carboxylic acids is 4. The third kappa shape index (κ3) is 27.0. The number of quaternary nitrogens is 1. The second kappa shape index (κ2) is 24.5. The molecule has 0 aromatic rings. The van der Waals surface area contributed by atoms with Crippen LogP contribution in [0.1, 0.15) is 103 Å². The van der Waals surface area contributed by atoms with Crippen molar-refractivity contribution in [1.82, 2.24) is 0 Å². The fraction of sp³-hybridized carbons (Fsp3) is 0.800. The second-order valence-electron chi connectivity index (χ2n) is 11.5. The minimum Gasteiger partial charge on any atom is -0.462 e. The Balaban J connectivity index is 4.46. The molecule has 0 amide bonds. The van der Waals surface area contributed by atoms with Crippen molar-refractivity contribution >= 4 is 31.8 Å². The summed E-state index contributed by atoms with van der Waals surface area (Å²) in [5.74, 6) is -2.12. The van der Waals surface area contributed by atoms with Crippen LogP contribution in [0.25, 0.3) is 0 Å². The van der Waals surface area contributed by atoms with Gasteiger partial charge in [0.25, 0.3) is 0 Å². The maximum atomic E-state index is 12.2. The molecule has 244 valence electrons. The Kier molecular flexibility index (Phi) is 23.4. The highest BCUT2D eigenvalue weighted by Gasteiger charge is 2.27. The number of phosphoric acid groups is 1. The summed E-state index contributed by atoms with van der Waals surface area (Å²) in [5.41, 5.74) is 0. The number of hydrogen-bond acceptors (Lipinski definition) is 9. The minimum absolute atomic E-state index is 0.0482. The maximum absolute atomic E-state index is 12.2. The monoisotopic (exact) mass is 620 g/mol. The molecule has 11 nitrogen and oxygen atoms in total. The molecule has 0 saturated heterocycles. The molecule has 0 rings (SSSR count). The van der Waals surface area contributed by atoms with Gasteiger partial charge in [0.05, 0.1) is 27.7 Å². The number of likely N-dealkylation sites (N-methyl/N-ethyl adjacent to an activating group) is 1. The number of nitrogens with zero attached hydrogens (tertiary/aromatic N) is 1. The molecule has 42 heavy (non-hydrogen) atoms. The number of hydrogen-bond donors (Lipinski definition) is 1. The number of ketones is 1. The number of aldehydes is 1. The Hall–Kier alpha value is -1.91. The van der Waals surface area contributed by atoms with Gasteiger partial charge in [-0.2, -0.15) is 0 Å². The molecule has 0 aliphatic rings. The second-order valence-corrected chi connectivity index (χ2v) is 13.0. The number of unbranched alkanes of at least 4 members (excludes halogenated alkanes) is 12. The van der Waals surface area contributed by atoms with Crippen molar-refractivity contribution in [2.75, 3.05) is 47.5 Å². The molecule has 1 N–H and O–H groups in total. The molecule has 0 heterocycles. The maximum Gasteiger partial charge on any atom is 0.472 e. The first-order chi connectivity index (χ1) is 19.9. The first kappa shape index (κ1) is 40.1. The van der Waals surface area contributed by atoms with E-state index in [2.05, 4.69) is 6.92 Å². The number of esters is 2. The Morgan fingerprint density at radius 2 is 1.36 bits per heavy atom. The Morgan fingerprint density at radius 3 is 1.88 bits per heavy atom. The molecule has 0 saturated carbocycles. The lowest BCUT2D eigenvalue weighted by atomic mass is 10.0. The van der Waals surface area contributed by atoms with E-state index in [1.165, 1.54) is 57.8 Å². The van der Waals surface area contributed by atoms with E-state index in [-0.39, 0.29) is 13.0 Å². The predicted molar refractivity (Wildman–Crippen MR) is 161 cm³/mol. The van der Waals surface area contributed by atoms with Crippen LogP contribution >= 0.6 is 7.82 Å². The van der Waals surface area contributed by atoms with E-state index >= 15 is 0 Å². The molecule has 0 radical (unpaired) electrons. The van der Waals surface area contributed by atoms with Crippen molar-refractivity contribution in [2.45, 2.75) is 109 Å².